The number of hydrogen-bond donors (Lipinski definition) is 1. The van der Waals surface area contributed by atoms with Crippen LogP contribution >= 0.6 is 11.3 Å². The summed E-state index contributed by atoms with van der Waals surface area (Å²) in [6, 6.07) is 2.18. The molecule has 0 spiro atoms. The van der Waals surface area contributed by atoms with E-state index in [1.54, 1.807) is 18.4 Å². The average Bonchev–Trinajstić information content (AvgIpc) is 2.95. The molecule has 2 heterocycles. The van der Waals surface area contributed by atoms with Gasteiger partial charge >= 0.3 is 0 Å². The maximum absolute atomic E-state index is 12.1. The van der Waals surface area contributed by atoms with E-state index in [0.29, 0.717) is 19.1 Å². The average molecular weight is 268 g/mol. The van der Waals surface area contributed by atoms with E-state index in [-0.39, 0.29) is 18.1 Å². The SMILES string of the molecule is COCC(C(C)C)N1C(=O)CNC1c1ccsc1. The van der Waals surface area contributed by atoms with E-state index in [1.165, 1.54) is 0 Å². The van der Waals surface area contributed by atoms with Crippen molar-refractivity contribution in [3.05, 3.63) is 22.4 Å². The highest BCUT2D eigenvalue weighted by atomic mass is 32.1. The van der Waals surface area contributed by atoms with Gasteiger partial charge in [0.05, 0.1) is 19.2 Å². The van der Waals surface area contributed by atoms with Crippen molar-refractivity contribution in [1.82, 2.24) is 10.2 Å². The zero-order chi connectivity index (χ0) is 13.1. The van der Waals surface area contributed by atoms with Crippen LogP contribution in [0.15, 0.2) is 16.8 Å². The minimum atomic E-state index is -0.00806. The molecule has 0 aliphatic carbocycles. The van der Waals surface area contributed by atoms with Crippen LogP contribution in [-0.4, -0.2) is 37.1 Å². The second kappa shape index (κ2) is 5.82. The zero-order valence-electron chi connectivity index (χ0n) is 11.1. The van der Waals surface area contributed by atoms with E-state index >= 15 is 0 Å². The topological polar surface area (TPSA) is 41.6 Å². The third-order valence-corrected chi connectivity index (χ3v) is 4.04. The Kier molecular flexibility index (Phi) is 4.37. The highest BCUT2D eigenvalue weighted by Gasteiger charge is 2.38. The molecule has 1 aliphatic rings. The van der Waals surface area contributed by atoms with E-state index < -0.39 is 0 Å². The van der Waals surface area contributed by atoms with Crippen LogP contribution in [0.4, 0.5) is 0 Å². The van der Waals surface area contributed by atoms with Crippen LogP contribution in [-0.2, 0) is 9.53 Å². The van der Waals surface area contributed by atoms with Crippen LogP contribution in [0.1, 0.15) is 25.6 Å². The Labute approximate surface area is 112 Å². The molecule has 2 unspecified atom stereocenters. The second-order valence-corrected chi connectivity index (χ2v) is 5.69. The maximum Gasteiger partial charge on any atom is 0.238 e. The van der Waals surface area contributed by atoms with E-state index in [2.05, 4.69) is 30.6 Å². The molecule has 1 saturated heterocycles. The fraction of sp³-hybridized carbons (Fsp3) is 0.615. The van der Waals surface area contributed by atoms with Crippen molar-refractivity contribution in [1.29, 1.82) is 0 Å². The van der Waals surface area contributed by atoms with Gasteiger partial charge in [-0.15, -0.1) is 0 Å². The molecule has 1 aromatic heterocycles. The molecule has 18 heavy (non-hydrogen) atoms. The van der Waals surface area contributed by atoms with E-state index in [4.69, 9.17) is 4.74 Å². The van der Waals surface area contributed by atoms with Gasteiger partial charge in [-0.3, -0.25) is 10.1 Å². The number of amides is 1. The summed E-state index contributed by atoms with van der Waals surface area (Å²) in [5.74, 6) is 0.525. The number of ether oxygens (including phenoxy) is 1. The number of thiophene rings is 1. The molecule has 5 heteroatoms. The predicted molar refractivity (Wildman–Crippen MR) is 72.4 cm³/mol. The predicted octanol–water partition coefficient (Wildman–Crippen LogP) is 1.85. The standard InChI is InChI=1S/C13H20N2O2S/c1-9(2)11(7-17-3)15-12(16)6-14-13(15)10-4-5-18-8-10/h4-5,8-9,11,13-14H,6-7H2,1-3H3. The maximum atomic E-state index is 12.1. The van der Waals surface area contributed by atoms with Crippen LogP contribution in [0.5, 0.6) is 0 Å². The molecule has 4 nitrogen and oxygen atoms in total. The first-order valence-electron chi connectivity index (χ1n) is 6.20. The Morgan fingerprint density at radius 1 is 1.61 bits per heavy atom. The molecular weight excluding hydrogens is 248 g/mol. The number of carbonyl (C=O) groups is 1. The summed E-state index contributed by atoms with van der Waals surface area (Å²) < 4.78 is 5.27. The van der Waals surface area contributed by atoms with Crippen molar-refractivity contribution < 1.29 is 9.53 Å². The van der Waals surface area contributed by atoms with Crippen molar-refractivity contribution in [2.45, 2.75) is 26.1 Å². The Morgan fingerprint density at radius 2 is 2.39 bits per heavy atom. The quantitative estimate of drug-likeness (QED) is 0.886. The largest absolute Gasteiger partial charge is 0.383 e. The first kappa shape index (κ1) is 13.5. The lowest BCUT2D eigenvalue weighted by Crippen LogP contribution is -2.45. The Hall–Kier alpha value is -0.910. The molecule has 0 aromatic carbocycles. The van der Waals surface area contributed by atoms with Gasteiger partial charge in [-0.25, -0.2) is 0 Å². The van der Waals surface area contributed by atoms with Crippen molar-refractivity contribution in [2.75, 3.05) is 20.3 Å². The summed E-state index contributed by atoms with van der Waals surface area (Å²) in [5, 5.41) is 7.41. The van der Waals surface area contributed by atoms with E-state index in [0.717, 1.165) is 5.56 Å². The molecular formula is C13H20N2O2S. The van der Waals surface area contributed by atoms with Crippen molar-refractivity contribution in [2.24, 2.45) is 5.92 Å². The summed E-state index contributed by atoms with van der Waals surface area (Å²) >= 11 is 1.65. The third-order valence-electron chi connectivity index (χ3n) is 3.34. The third kappa shape index (κ3) is 2.58. The summed E-state index contributed by atoms with van der Waals surface area (Å²) in [6.07, 6.45) is -0.00806. The fourth-order valence-corrected chi connectivity index (χ4v) is 3.05. The van der Waals surface area contributed by atoms with Crippen molar-refractivity contribution in [3.8, 4) is 0 Å². The molecule has 100 valence electrons. The number of carbonyl (C=O) groups excluding carboxylic acids is 1. The van der Waals surface area contributed by atoms with Crippen LogP contribution in [0.25, 0.3) is 0 Å². The lowest BCUT2D eigenvalue weighted by molar-refractivity contribution is -0.132. The summed E-state index contributed by atoms with van der Waals surface area (Å²) in [4.78, 5) is 14.1. The van der Waals surface area contributed by atoms with Crippen LogP contribution < -0.4 is 5.32 Å². The first-order chi connectivity index (χ1) is 8.65. The number of nitrogens with one attached hydrogen (secondary N) is 1. The number of hydrogen-bond acceptors (Lipinski definition) is 4. The van der Waals surface area contributed by atoms with Gasteiger partial charge in [0.15, 0.2) is 0 Å². The van der Waals surface area contributed by atoms with Gasteiger partial charge in [0.25, 0.3) is 0 Å². The van der Waals surface area contributed by atoms with Gasteiger partial charge in [0, 0.05) is 7.11 Å². The minimum Gasteiger partial charge on any atom is -0.383 e. The number of rotatable bonds is 5. The molecule has 2 rings (SSSR count). The summed E-state index contributed by atoms with van der Waals surface area (Å²) in [6.45, 7) is 5.24. The molecule has 1 fully saturated rings. The van der Waals surface area contributed by atoms with E-state index in [9.17, 15) is 4.79 Å². The van der Waals surface area contributed by atoms with Crippen LogP contribution in [0.2, 0.25) is 0 Å². The number of methoxy groups -OCH3 is 1. The van der Waals surface area contributed by atoms with Gasteiger partial charge in [0.1, 0.15) is 6.17 Å². The molecule has 1 N–H and O–H groups in total. The molecule has 1 aromatic rings. The van der Waals surface area contributed by atoms with Gasteiger partial charge in [-0.2, -0.15) is 11.3 Å². The smallest absolute Gasteiger partial charge is 0.238 e. The van der Waals surface area contributed by atoms with Crippen molar-refractivity contribution >= 4 is 17.2 Å². The lowest BCUT2D eigenvalue weighted by Gasteiger charge is -2.34. The van der Waals surface area contributed by atoms with Gasteiger partial charge in [0.2, 0.25) is 5.91 Å². The van der Waals surface area contributed by atoms with Crippen LogP contribution in [0.3, 0.4) is 0 Å². The van der Waals surface area contributed by atoms with Gasteiger partial charge in [-0.05, 0) is 28.3 Å². The van der Waals surface area contributed by atoms with Gasteiger partial charge in [-0.1, -0.05) is 13.8 Å². The highest BCUT2D eigenvalue weighted by molar-refractivity contribution is 7.07. The second-order valence-electron chi connectivity index (χ2n) is 4.91. The highest BCUT2D eigenvalue weighted by Crippen LogP contribution is 2.28. The number of nitrogens with zero attached hydrogens (tertiary/aromatic N) is 1. The lowest BCUT2D eigenvalue weighted by atomic mass is 10.0. The zero-order valence-corrected chi connectivity index (χ0v) is 11.9. The monoisotopic (exact) mass is 268 g/mol. The summed E-state index contributed by atoms with van der Waals surface area (Å²) in [5.41, 5.74) is 1.16. The Balaban J connectivity index is 2.23. The molecule has 0 radical (unpaired) electrons. The van der Waals surface area contributed by atoms with E-state index in [1.807, 2.05) is 10.3 Å². The first-order valence-corrected chi connectivity index (χ1v) is 7.15. The Bertz CT molecular complexity index is 392. The summed E-state index contributed by atoms with van der Waals surface area (Å²) in [7, 11) is 1.68. The molecule has 0 bridgehead atoms. The molecule has 0 saturated carbocycles. The van der Waals surface area contributed by atoms with Gasteiger partial charge < -0.3 is 9.64 Å². The normalized spacial score (nSPS) is 21.9. The molecule has 1 amide bonds. The fourth-order valence-electron chi connectivity index (χ4n) is 2.37. The Morgan fingerprint density at radius 3 is 2.94 bits per heavy atom. The molecule has 1 aliphatic heterocycles. The molecule has 2 atom stereocenters. The van der Waals surface area contributed by atoms with Crippen molar-refractivity contribution in [3.63, 3.8) is 0 Å². The minimum absolute atomic E-state index is 0.00806. The van der Waals surface area contributed by atoms with Crippen LogP contribution in [0, 0.1) is 5.92 Å².